The minimum absolute atomic E-state index is 0.0971. The van der Waals surface area contributed by atoms with Crippen molar-refractivity contribution in [3.05, 3.63) is 70.1 Å². The number of H-pyrrole nitrogens is 1. The van der Waals surface area contributed by atoms with E-state index in [1.54, 1.807) is 18.2 Å². The Morgan fingerprint density at radius 2 is 1.68 bits per heavy atom. The Morgan fingerprint density at radius 1 is 1.04 bits per heavy atom. The van der Waals surface area contributed by atoms with Crippen molar-refractivity contribution in [2.45, 2.75) is 19.6 Å². The molecule has 1 heterocycles. The molecule has 28 heavy (non-hydrogen) atoms. The average molecular weight is 388 g/mol. The van der Waals surface area contributed by atoms with Crippen LogP contribution in [0.4, 0.5) is 8.78 Å². The maximum atomic E-state index is 12.4. The molecule has 1 atom stereocenters. The summed E-state index contributed by atoms with van der Waals surface area (Å²) in [5.74, 6) is -1.52. The minimum Gasteiger partial charge on any atom is -0.449 e. The Kier molecular flexibility index (Phi) is 5.44. The lowest BCUT2D eigenvalue weighted by atomic mass is 10.1. The predicted octanol–water partition coefficient (Wildman–Crippen LogP) is 2.95. The first kappa shape index (κ1) is 19.2. The van der Waals surface area contributed by atoms with Crippen LogP contribution in [0.15, 0.2) is 53.3 Å². The summed E-state index contributed by atoms with van der Waals surface area (Å²) in [7, 11) is 0. The van der Waals surface area contributed by atoms with Gasteiger partial charge in [-0.1, -0.05) is 18.2 Å². The summed E-state index contributed by atoms with van der Waals surface area (Å²) < 4.78 is 33.7. The molecule has 144 valence electrons. The number of hydrogen-bond acceptors (Lipinski definition) is 6. The molecular weight excluding hydrogens is 374 g/mol. The van der Waals surface area contributed by atoms with Crippen LogP contribution in [0.3, 0.4) is 0 Å². The first-order valence-corrected chi connectivity index (χ1v) is 8.14. The molecule has 0 saturated heterocycles. The molecule has 0 unspecified atom stereocenters. The van der Waals surface area contributed by atoms with E-state index in [0.29, 0.717) is 5.39 Å². The molecule has 1 aromatic heterocycles. The third-order valence-electron chi connectivity index (χ3n) is 3.91. The molecule has 0 radical (unpaired) electrons. The van der Waals surface area contributed by atoms with Crippen LogP contribution in [0.2, 0.25) is 0 Å². The smallest absolute Gasteiger partial charge is 0.387 e. The molecule has 1 N–H and O–H groups in total. The number of fused-ring (bicyclic) bond motifs is 1. The van der Waals surface area contributed by atoms with Gasteiger partial charge in [-0.05, 0) is 37.3 Å². The molecule has 0 saturated carbocycles. The minimum atomic E-state index is -2.97. The SMILES string of the molecule is C[C@@H](OC(=O)c1n[nH]c(=O)c2ccccc12)C(=O)c1ccc(OC(F)F)cc1. The van der Waals surface area contributed by atoms with E-state index >= 15 is 0 Å². The van der Waals surface area contributed by atoms with Crippen LogP contribution >= 0.6 is 0 Å². The monoisotopic (exact) mass is 388 g/mol. The van der Waals surface area contributed by atoms with Gasteiger partial charge in [0.25, 0.3) is 5.56 Å². The number of rotatable bonds is 6. The van der Waals surface area contributed by atoms with Crippen LogP contribution in [-0.4, -0.2) is 34.7 Å². The Balaban J connectivity index is 1.76. The largest absolute Gasteiger partial charge is 0.449 e. The predicted molar refractivity (Wildman–Crippen MR) is 94.6 cm³/mol. The molecule has 3 aromatic rings. The van der Waals surface area contributed by atoms with E-state index in [1.165, 1.54) is 37.3 Å². The highest BCUT2D eigenvalue weighted by molar-refractivity contribution is 6.05. The number of aromatic nitrogens is 2. The van der Waals surface area contributed by atoms with Gasteiger partial charge in [-0.2, -0.15) is 13.9 Å². The van der Waals surface area contributed by atoms with Crippen molar-refractivity contribution in [1.82, 2.24) is 10.2 Å². The molecule has 9 heteroatoms. The van der Waals surface area contributed by atoms with Gasteiger partial charge < -0.3 is 9.47 Å². The van der Waals surface area contributed by atoms with Gasteiger partial charge in [-0.25, -0.2) is 9.89 Å². The van der Waals surface area contributed by atoms with Crippen molar-refractivity contribution in [3.8, 4) is 5.75 Å². The lowest BCUT2D eigenvalue weighted by molar-refractivity contribution is -0.0498. The highest BCUT2D eigenvalue weighted by Crippen LogP contribution is 2.18. The summed E-state index contributed by atoms with van der Waals surface area (Å²) in [5, 5.41) is 6.49. The van der Waals surface area contributed by atoms with Crippen LogP contribution in [0.1, 0.15) is 27.8 Å². The summed E-state index contributed by atoms with van der Waals surface area (Å²) in [6, 6.07) is 11.4. The molecule has 7 nitrogen and oxygen atoms in total. The zero-order valence-electron chi connectivity index (χ0n) is 14.5. The fraction of sp³-hybridized carbons (Fsp3) is 0.158. The molecule has 0 bridgehead atoms. The second-order valence-electron chi connectivity index (χ2n) is 5.76. The van der Waals surface area contributed by atoms with Crippen molar-refractivity contribution >= 4 is 22.5 Å². The molecule has 2 aromatic carbocycles. The average Bonchev–Trinajstić information content (AvgIpc) is 2.68. The van der Waals surface area contributed by atoms with E-state index in [2.05, 4.69) is 14.9 Å². The van der Waals surface area contributed by atoms with Crippen molar-refractivity contribution in [2.75, 3.05) is 0 Å². The number of esters is 1. The van der Waals surface area contributed by atoms with E-state index in [9.17, 15) is 23.2 Å². The van der Waals surface area contributed by atoms with Crippen molar-refractivity contribution in [1.29, 1.82) is 0 Å². The summed E-state index contributed by atoms with van der Waals surface area (Å²) in [4.78, 5) is 36.6. The fourth-order valence-electron chi connectivity index (χ4n) is 2.58. The summed E-state index contributed by atoms with van der Waals surface area (Å²) >= 11 is 0. The highest BCUT2D eigenvalue weighted by atomic mass is 19.3. The number of benzene rings is 2. The van der Waals surface area contributed by atoms with E-state index in [0.717, 1.165) is 0 Å². The molecule has 0 amide bonds. The summed E-state index contributed by atoms with van der Waals surface area (Å²) in [6.07, 6.45) is -1.16. The number of carbonyl (C=O) groups is 2. The topological polar surface area (TPSA) is 98.4 Å². The van der Waals surface area contributed by atoms with E-state index < -0.39 is 30.0 Å². The van der Waals surface area contributed by atoms with Gasteiger partial charge in [0.1, 0.15) is 5.75 Å². The highest BCUT2D eigenvalue weighted by Gasteiger charge is 2.23. The van der Waals surface area contributed by atoms with E-state index in [4.69, 9.17) is 4.74 Å². The molecular formula is C19H14F2N2O5. The number of alkyl halides is 2. The van der Waals surface area contributed by atoms with Crippen LogP contribution in [0, 0.1) is 0 Å². The van der Waals surface area contributed by atoms with Crippen LogP contribution < -0.4 is 10.3 Å². The third-order valence-corrected chi connectivity index (χ3v) is 3.91. The van der Waals surface area contributed by atoms with E-state index in [1.807, 2.05) is 0 Å². The molecule has 0 aliphatic carbocycles. The number of Topliss-reactive ketones (excluding diaryl/α,β-unsaturated/α-hetero) is 1. The van der Waals surface area contributed by atoms with E-state index in [-0.39, 0.29) is 22.4 Å². The zero-order valence-corrected chi connectivity index (χ0v) is 14.5. The van der Waals surface area contributed by atoms with Gasteiger partial charge in [0.05, 0.1) is 5.39 Å². The van der Waals surface area contributed by atoms with Gasteiger partial charge in [0.15, 0.2) is 11.8 Å². The Morgan fingerprint density at radius 3 is 2.32 bits per heavy atom. The van der Waals surface area contributed by atoms with Crippen LogP contribution in [0.25, 0.3) is 10.8 Å². The number of nitrogens with zero attached hydrogens (tertiary/aromatic N) is 1. The lowest BCUT2D eigenvalue weighted by Gasteiger charge is -2.13. The zero-order chi connectivity index (χ0) is 20.3. The van der Waals surface area contributed by atoms with Gasteiger partial charge in [0, 0.05) is 10.9 Å². The normalized spacial score (nSPS) is 12.0. The molecule has 0 fully saturated rings. The number of halogens is 2. The first-order valence-electron chi connectivity index (χ1n) is 8.14. The first-order chi connectivity index (χ1) is 13.4. The maximum absolute atomic E-state index is 12.4. The third kappa shape index (κ3) is 4.03. The molecule has 0 spiro atoms. The lowest BCUT2D eigenvalue weighted by Crippen LogP contribution is -2.26. The number of hydrogen-bond donors (Lipinski definition) is 1. The number of carbonyl (C=O) groups excluding carboxylic acids is 2. The Hall–Kier alpha value is -3.62. The van der Waals surface area contributed by atoms with Crippen molar-refractivity contribution in [2.24, 2.45) is 0 Å². The second kappa shape index (κ2) is 7.95. The van der Waals surface area contributed by atoms with Crippen molar-refractivity contribution < 1.29 is 27.8 Å². The van der Waals surface area contributed by atoms with Crippen molar-refractivity contribution in [3.63, 3.8) is 0 Å². The van der Waals surface area contributed by atoms with Crippen LogP contribution in [0.5, 0.6) is 5.75 Å². The maximum Gasteiger partial charge on any atom is 0.387 e. The standard InChI is InChI=1S/C19H14F2N2O5/c1-10(16(24)11-6-8-12(9-7-11)28-19(20)21)27-18(26)15-13-4-2-3-5-14(13)17(25)23-22-15/h2-10,19H,1H3,(H,23,25)/t10-/m1/s1. The number of nitrogens with one attached hydrogen (secondary N) is 1. The second-order valence-corrected chi connectivity index (χ2v) is 5.76. The molecule has 0 aliphatic heterocycles. The Bertz CT molecular complexity index is 1080. The number of ketones is 1. The van der Waals surface area contributed by atoms with Gasteiger partial charge in [0.2, 0.25) is 5.78 Å². The summed E-state index contributed by atoms with van der Waals surface area (Å²) in [5.41, 5.74) is -0.431. The van der Waals surface area contributed by atoms with Gasteiger partial charge >= 0.3 is 12.6 Å². The quantitative estimate of drug-likeness (QED) is 0.515. The number of aromatic amines is 1. The molecule has 0 aliphatic rings. The number of ether oxygens (including phenoxy) is 2. The van der Waals surface area contributed by atoms with Gasteiger partial charge in [-0.15, -0.1) is 0 Å². The summed E-state index contributed by atoms with van der Waals surface area (Å²) in [6.45, 7) is -1.60. The van der Waals surface area contributed by atoms with Gasteiger partial charge in [-0.3, -0.25) is 9.59 Å². The molecule has 3 rings (SSSR count). The van der Waals surface area contributed by atoms with Crippen LogP contribution in [-0.2, 0) is 4.74 Å². The Labute approximate surface area is 156 Å². The fourth-order valence-corrected chi connectivity index (χ4v) is 2.58.